The Morgan fingerprint density at radius 3 is 2.64 bits per heavy atom. The molecule has 0 radical (unpaired) electrons. The van der Waals surface area contributed by atoms with E-state index in [0.29, 0.717) is 0 Å². The Hall–Kier alpha value is -2.02. The van der Waals surface area contributed by atoms with Gasteiger partial charge in [0.05, 0.1) is 0 Å². The number of unbranched alkanes of at least 4 members (excludes halogenated alkanes) is 3. The van der Waals surface area contributed by atoms with Gasteiger partial charge in [-0.05, 0) is 24.8 Å². The molecule has 0 aliphatic carbocycles. The number of urea groups is 1. The third kappa shape index (κ3) is 4.87. The van der Waals surface area contributed by atoms with E-state index in [1.807, 2.05) is 6.07 Å². The van der Waals surface area contributed by atoms with Crippen molar-refractivity contribution in [3.05, 3.63) is 35.9 Å². The maximum atomic E-state index is 12.5. The van der Waals surface area contributed by atoms with E-state index in [-0.39, 0.29) is 11.9 Å². The fraction of sp³-hybridized carbons (Fsp3) is 0.571. The minimum absolute atomic E-state index is 0.229. The molecule has 3 rings (SSSR count). The van der Waals surface area contributed by atoms with Crippen molar-refractivity contribution < 1.29 is 9.59 Å². The van der Waals surface area contributed by atoms with E-state index in [0.717, 1.165) is 43.1 Å². The molecule has 6 nitrogen and oxygen atoms in total. The number of imide groups is 1. The number of amides is 3. The summed E-state index contributed by atoms with van der Waals surface area (Å²) >= 11 is 1.70. The number of nitrogens with one attached hydrogen (secondary N) is 1. The zero-order chi connectivity index (χ0) is 19.9. The highest BCUT2D eigenvalue weighted by Crippen LogP contribution is 2.29. The van der Waals surface area contributed by atoms with Gasteiger partial charge in [-0.1, -0.05) is 68.3 Å². The number of aliphatic imine (C=N–C) groups is 1. The van der Waals surface area contributed by atoms with E-state index in [1.54, 1.807) is 23.7 Å². The average molecular weight is 403 g/mol. The Balaban J connectivity index is 1.61. The minimum Gasteiger partial charge on any atom is -0.336 e. The SMILES string of the molecule is CCCCCCN1C(SCCCc2ccccc2)=NC2C1C(=O)NC(=O)N2C. The van der Waals surface area contributed by atoms with Crippen LogP contribution in [0.15, 0.2) is 35.3 Å². The summed E-state index contributed by atoms with van der Waals surface area (Å²) in [7, 11) is 1.71. The van der Waals surface area contributed by atoms with Crippen molar-refractivity contribution in [3.8, 4) is 0 Å². The lowest BCUT2D eigenvalue weighted by Crippen LogP contribution is -2.63. The number of thioether (sulfide) groups is 1. The predicted octanol–water partition coefficient (Wildman–Crippen LogP) is 3.48. The number of fused-ring (bicyclic) bond motifs is 1. The van der Waals surface area contributed by atoms with Gasteiger partial charge < -0.3 is 9.80 Å². The molecule has 2 atom stereocenters. The molecule has 1 fully saturated rings. The van der Waals surface area contributed by atoms with Crippen LogP contribution in [-0.4, -0.2) is 58.5 Å². The number of hydrogen-bond donors (Lipinski definition) is 1. The van der Waals surface area contributed by atoms with E-state index < -0.39 is 12.2 Å². The Bertz CT molecular complexity index is 710. The molecule has 0 bridgehead atoms. The molecule has 1 aromatic carbocycles. The summed E-state index contributed by atoms with van der Waals surface area (Å²) < 4.78 is 0. The highest BCUT2D eigenvalue weighted by Gasteiger charge is 2.48. The molecule has 2 aliphatic rings. The second-order valence-electron chi connectivity index (χ2n) is 7.37. The maximum Gasteiger partial charge on any atom is 0.325 e. The van der Waals surface area contributed by atoms with Gasteiger partial charge in [0.2, 0.25) is 0 Å². The van der Waals surface area contributed by atoms with Gasteiger partial charge in [0.1, 0.15) is 0 Å². The number of nitrogens with zero attached hydrogens (tertiary/aromatic N) is 3. The summed E-state index contributed by atoms with van der Waals surface area (Å²) in [5, 5.41) is 3.36. The van der Waals surface area contributed by atoms with Crippen LogP contribution < -0.4 is 5.32 Å². The first kappa shape index (κ1) is 20.7. The molecule has 1 saturated heterocycles. The Morgan fingerprint density at radius 1 is 1.11 bits per heavy atom. The summed E-state index contributed by atoms with van der Waals surface area (Å²) in [5.41, 5.74) is 1.34. The summed E-state index contributed by atoms with van der Waals surface area (Å²) in [6.45, 7) is 3.00. The van der Waals surface area contributed by atoms with Crippen LogP contribution in [0.3, 0.4) is 0 Å². The second-order valence-corrected chi connectivity index (χ2v) is 8.43. The van der Waals surface area contributed by atoms with Gasteiger partial charge in [-0.2, -0.15) is 0 Å². The van der Waals surface area contributed by atoms with Crippen molar-refractivity contribution in [2.75, 3.05) is 19.3 Å². The quantitative estimate of drug-likeness (QED) is 0.642. The van der Waals surface area contributed by atoms with Crippen molar-refractivity contribution in [1.82, 2.24) is 15.1 Å². The number of amidine groups is 1. The van der Waals surface area contributed by atoms with E-state index >= 15 is 0 Å². The Labute approximate surface area is 171 Å². The molecule has 2 heterocycles. The predicted molar refractivity (Wildman–Crippen MR) is 114 cm³/mol. The number of likely N-dealkylation sites (N-methyl/N-ethyl adjacent to an activating group) is 1. The van der Waals surface area contributed by atoms with E-state index in [9.17, 15) is 9.59 Å². The van der Waals surface area contributed by atoms with Crippen LogP contribution in [-0.2, 0) is 11.2 Å². The van der Waals surface area contributed by atoms with E-state index in [1.165, 1.54) is 18.4 Å². The van der Waals surface area contributed by atoms with Crippen LogP contribution in [0, 0.1) is 0 Å². The molecule has 3 amide bonds. The second kappa shape index (κ2) is 9.96. The highest BCUT2D eigenvalue weighted by atomic mass is 32.2. The number of carbonyl (C=O) groups excluding carboxylic acids is 2. The lowest BCUT2D eigenvalue weighted by atomic mass is 10.1. The third-order valence-electron chi connectivity index (χ3n) is 5.26. The van der Waals surface area contributed by atoms with Crippen LogP contribution in [0.1, 0.15) is 44.6 Å². The molecule has 0 spiro atoms. The van der Waals surface area contributed by atoms with Crippen molar-refractivity contribution in [3.63, 3.8) is 0 Å². The topological polar surface area (TPSA) is 65.0 Å². The standard InChI is InChI=1S/C21H30N4O2S/c1-3-4-5-9-14-25-17-18(24(2)20(27)23-19(17)26)22-21(25)28-15-10-13-16-11-7-6-8-12-16/h6-8,11-12,17-18H,3-5,9-10,13-15H2,1-2H3,(H,23,26,27). The highest BCUT2D eigenvalue weighted by molar-refractivity contribution is 8.13. The molecule has 2 unspecified atom stereocenters. The van der Waals surface area contributed by atoms with Gasteiger partial charge in [-0.25, -0.2) is 9.79 Å². The minimum atomic E-state index is -0.413. The van der Waals surface area contributed by atoms with Crippen molar-refractivity contribution in [2.45, 2.75) is 57.7 Å². The van der Waals surface area contributed by atoms with Crippen molar-refractivity contribution in [2.24, 2.45) is 4.99 Å². The summed E-state index contributed by atoms with van der Waals surface area (Å²) in [6, 6.07) is 9.70. The van der Waals surface area contributed by atoms with Crippen LogP contribution in [0.25, 0.3) is 0 Å². The monoisotopic (exact) mass is 402 g/mol. The lowest BCUT2D eigenvalue weighted by molar-refractivity contribution is -0.127. The van der Waals surface area contributed by atoms with Gasteiger partial charge in [0, 0.05) is 19.3 Å². The number of rotatable bonds is 9. The first-order valence-corrected chi connectivity index (χ1v) is 11.2. The summed E-state index contributed by atoms with van der Waals surface area (Å²) in [4.78, 5) is 32.9. The van der Waals surface area contributed by atoms with Crippen LogP contribution in [0.2, 0.25) is 0 Å². The van der Waals surface area contributed by atoms with Gasteiger partial charge >= 0.3 is 6.03 Å². The largest absolute Gasteiger partial charge is 0.336 e. The molecular weight excluding hydrogens is 372 g/mol. The van der Waals surface area contributed by atoms with Crippen molar-refractivity contribution in [1.29, 1.82) is 0 Å². The normalized spacial score (nSPS) is 21.6. The lowest BCUT2D eigenvalue weighted by Gasteiger charge is -2.36. The first-order chi connectivity index (χ1) is 13.6. The molecule has 1 N–H and O–H groups in total. The molecule has 1 aromatic rings. The van der Waals surface area contributed by atoms with Crippen molar-refractivity contribution >= 4 is 28.9 Å². The Kier molecular flexibility index (Phi) is 7.36. The molecular formula is C21H30N4O2S. The number of aryl methyl sites for hydroxylation is 1. The maximum absolute atomic E-state index is 12.5. The van der Waals surface area contributed by atoms with Crippen LogP contribution in [0.5, 0.6) is 0 Å². The molecule has 152 valence electrons. The van der Waals surface area contributed by atoms with Gasteiger partial charge in [-0.3, -0.25) is 10.1 Å². The molecule has 7 heteroatoms. The number of carbonyl (C=O) groups is 2. The smallest absolute Gasteiger partial charge is 0.325 e. The fourth-order valence-corrected chi connectivity index (χ4v) is 4.67. The Morgan fingerprint density at radius 2 is 1.89 bits per heavy atom. The van der Waals surface area contributed by atoms with E-state index in [2.05, 4.69) is 41.4 Å². The summed E-state index contributed by atoms with van der Waals surface area (Å²) in [5.74, 6) is 0.713. The molecule has 28 heavy (non-hydrogen) atoms. The molecule has 0 saturated carbocycles. The van der Waals surface area contributed by atoms with Gasteiger partial charge in [-0.15, -0.1) is 0 Å². The zero-order valence-corrected chi connectivity index (χ0v) is 17.6. The first-order valence-electron chi connectivity index (χ1n) is 10.2. The molecule has 2 aliphatic heterocycles. The van der Waals surface area contributed by atoms with E-state index in [4.69, 9.17) is 4.99 Å². The van der Waals surface area contributed by atoms with Gasteiger partial charge in [0.15, 0.2) is 17.4 Å². The van der Waals surface area contributed by atoms with Crippen LogP contribution >= 0.6 is 11.8 Å². The third-order valence-corrected chi connectivity index (χ3v) is 6.35. The number of hydrogen-bond acceptors (Lipinski definition) is 5. The molecule has 0 aromatic heterocycles. The van der Waals surface area contributed by atoms with Crippen LogP contribution in [0.4, 0.5) is 4.79 Å². The summed E-state index contributed by atoms with van der Waals surface area (Å²) in [6.07, 6.45) is 6.22. The average Bonchev–Trinajstić information content (AvgIpc) is 3.07. The zero-order valence-electron chi connectivity index (χ0n) is 16.8. The fourth-order valence-electron chi connectivity index (χ4n) is 3.65. The number of benzene rings is 1. The van der Waals surface area contributed by atoms with Gasteiger partial charge in [0.25, 0.3) is 5.91 Å².